The average molecular weight is 191 g/mol. The minimum Gasteiger partial charge on any atom is -0.422 e. The number of nitrogens with one attached hydrogen (secondary N) is 1. The zero-order valence-electron chi connectivity index (χ0n) is 7.60. The number of aryl methyl sites for hydroxylation is 1. The maximum atomic E-state index is 10.0. The van der Waals surface area contributed by atoms with Crippen molar-refractivity contribution in [2.24, 2.45) is 12.1 Å². The zero-order valence-corrected chi connectivity index (χ0v) is 7.60. The van der Waals surface area contributed by atoms with Crippen molar-refractivity contribution in [3.63, 3.8) is 0 Å². The molecule has 0 spiro atoms. The summed E-state index contributed by atoms with van der Waals surface area (Å²) in [5.74, 6) is 0. The van der Waals surface area contributed by atoms with Crippen LogP contribution in [-0.4, -0.2) is 11.0 Å². The number of fused-ring (bicyclic) bond motifs is 1. The normalized spacial score (nSPS) is 11.9. The Morgan fingerprint density at radius 2 is 2.29 bits per heavy atom. The van der Waals surface area contributed by atoms with Crippen LogP contribution < -0.4 is 11.1 Å². The van der Waals surface area contributed by atoms with E-state index in [0.29, 0.717) is 12.1 Å². The topological polar surface area (TPSA) is 59.5 Å². The fourth-order valence-corrected chi connectivity index (χ4v) is 1.27. The molecule has 2 aromatic rings. The van der Waals surface area contributed by atoms with E-state index in [9.17, 15) is 4.79 Å². The van der Waals surface area contributed by atoms with Gasteiger partial charge in [0.2, 0.25) is 6.41 Å². The van der Waals surface area contributed by atoms with E-state index < -0.39 is 0 Å². The van der Waals surface area contributed by atoms with Crippen molar-refractivity contribution in [1.29, 1.82) is 0 Å². The summed E-state index contributed by atoms with van der Waals surface area (Å²) in [6.45, 7) is 0. The SMILES string of the molecule is Cn1c(=NNC=O)oc2ccccc21. The lowest BCUT2D eigenvalue weighted by Crippen LogP contribution is -2.17. The summed E-state index contributed by atoms with van der Waals surface area (Å²) in [7, 11) is 1.82. The summed E-state index contributed by atoms with van der Waals surface area (Å²) in [6.07, 6.45) is 0.493. The molecule has 0 aliphatic carbocycles. The first kappa shape index (κ1) is 8.55. The third-order valence-corrected chi connectivity index (χ3v) is 1.93. The predicted molar refractivity (Wildman–Crippen MR) is 49.9 cm³/mol. The molecule has 0 bridgehead atoms. The minimum absolute atomic E-state index is 0.360. The van der Waals surface area contributed by atoms with Crippen molar-refractivity contribution in [2.45, 2.75) is 0 Å². The van der Waals surface area contributed by atoms with Crippen LogP contribution in [0.5, 0.6) is 0 Å². The van der Waals surface area contributed by atoms with Gasteiger partial charge in [0.05, 0.1) is 5.52 Å². The lowest BCUT2D eigenvalue weighted by molar-refractivity contribution is -0.109. The molecule has 0 atom stereocenters. The fourth-order valence-electron chi connectivity index (χ4n) is 1.27. The molecular weight excluding hydrogens is 182 g/mol. The van der Waals surface area contributed by atoms with Gasteiger partial charge in [-0.1, -0.05) is 12.1 Å². The third kappa shape index (κ3) is 1.28. The summed E-state index contributed by atoms with van der Waals surface area (Å²) >= 11 is 0. The number of hydrogen-bond acceptors (Lipinski definition) is 3. The molecule has 1 aromatic carbocycles. The first-order valence-corrected chi connectivity index (χ1v) is 4.10. The van der Waals surface area contributed by atoms with Crippen LogP contribution in [0.3, 0.4) is 0 Å². The molecule has 72 valence electrons. The number of para-hydroxylation sites is 2. The van der Waals surface area contributed by atoms with Crippen molar-refractivity contribution in [1.82, 2.24) is 9.99 Å². The fraction of sp³-hybridized carbons (Fsp3) is 0.111. The van der Waals surface area contributed by atoms with Gasteiger partial charge in [-0.3, -0.25) is 9.36 Å². The molecule has 1 N–H and O–H groups in total. The van der Waals surface area contributed by atoms with Crippen LogP contribution >= 0.6 is 0 Å². The van der Waals surface area contributed by atoms with Gasteiger partial charge in [0.15, 0.2) is 5.58 Å². The van der Waals surface area contributed by atoms with Crippen LogP contribution in [0, 0.1) is 0 Å². The van der Waals surface area contributed by atoms with Crippen LogP contribution in [0.25, 0.3) is 11.1 Å². The highest BCUT2D eigenvalue weighted by Crippen LogP contribution is 2.09. The smallest absolute Gasteiger partial charge is 0.319 e. The molecule has 0 aliphatic heterocycles. The Bertz CT molecular complexity index is 524. The van der Waals surface area contributed by atoms with Gasteiger partial charge in [-0.25, -0.2) is 5.43 Å². The number of amides is 1. The summed E-state index contributed by atoms with van der Waals surface area (Å²) in [6, 6.07) is 7.55. The van der Waals surface area contributed by atoms with Gasteiger partial charge in [0, 0.05) is 7.05 Å². The average Bonchev–Trinajstić information content (AvgIpc) is 2.54. The van der Waals surface area contributed by atoms with Gasteiger partial charge < -0.3 is 4.42 Å². The van der Waals surface area contributed by atoms with Gasteiger partial charge in [-0.15, -0.1) is 5.10 Å². The molecule has 5 heteroatoms. The van der Waals surface area contributed by atoms with E-state index in [1.165, 1.54) is 0 Å². The number of carbonyl (C=O) groups is 1. The Morgan fingerprint density at radius 3 is 3.00 bits per heavy atom. The number of benzene rings is 1. The van der Waals surface area contributed by atoms with Crippen molar-refractivity contribution in [3.8, 4) is 0 Å². The lowest BCUT2D eigenvalue weighted by Gasteiger charge is -1.89. The molecule has 0 fully saturated rings. The Kier molecular flexibility index (Phi) is 2.06. The molecule has 0 unspecified atom stereocenters. The molecule has 2 rings (SSSR count). The highest BCUT2D eigenvalue weighted by molar-refractivity contribution is 5.72. The van der Waals surface area contributed by atoms with E-state index >= 15 is 0 Å². The van der Waals surface area contributed by atoms with E-state index in [-0.39, 0.29) is 0 Å². The second-order valence-corrected chi connectivity index (χ2v) is 2.77. The van der Waals surface area contributed by atoms with Crippen molar-refractivity contribution < 1.29 is 9.21 Å². The van der Waals surface area contributed by atoms with Gasteiger partial charge >= 0.3 is 5.68 Å². The third-order valence-electron chi connectivity index (χ3n) is 1.93. The zero-order chi connectivity index (χ0) is 9.97. The summed E-state index contributed by atoms with van der Waals surface area (Å²) < 4.78 is 7.13. The molecule has 1 heterocycles. The van der Waals surface area contributed by atoms with Gasteiger partial charge in [-0.2, -0.15) is 0 Å². The quantitative estimate of drug-likeness (QED) is 0.549. The Balaban J connectivity index is 2.68. The van der Waals surface area contributed by atoms with E-state index in [0.717, 1.165) is 11.1 Å². The molecule has 1 amide bonds. The Hall–Kier alpha value is -2.04. The van der Waals surface area contributed by atoms with E-state index in [4.69, 9.17) is 4.42 Å². The molecular formula is C9H9N3O2. The predicted octanol–water partition coefficient (Wildman–Crippen LogP) is 0.333. The number of hydrogen-bond donors (Lipinski definition) is 1. The lowest BCUT2D eigenvalue weighted by atomic mass is 10.3. The van der Waals surface area contributed by atoms with Crippen molar-refractivity contribution in [2.75, 3.05) is 0 Å². The van der Waals surface area contributed by atoms with Crippen LogP contribution in [-0.2, 0) is 11.8 Å². The number of aromatic nitrogens is 1. The molecule has 5 nitrogen and oxygen atoms in total. The van der Waals surface area contributed by atoms with Crippen LogP contribution in [0.2, 0.25) is 0 Å². The highest BCUT2D eigenvalue weighted by atomic mass is 16.4. The summed E-state index contributed by atoms with van der Waals surface area (Å²) in [4.78, 5) is 10.0. The first-order valence-electron chi connectivity index (χ1n) is 4.10. The van der Waals surface area contributed by atoms with Crippen LogP contribution in [0.15, 0.2) is 33.8 Å². The molecule has 0 aliphatic rings. The van der Waals surface area contributed by atoms with Crippen LogP contribution in [0.4, 0.5) is 0 Å². The van der Waals surface area contributed by atoms with Crippen molar-refractivity contribution >= 4 is 17.5 Å². The monoisotopic (exact) mass is 191 g/mol. The van der Waals surface area contributed by atoms with E-state index in [1.807, 2.05) is 31.3 Å². The second-order valence-electron chi connectivity index (χ2n) is 2.77. The number of oxazole rings is 1. The van der Waals surface area contributed by atoms with Gasteiger partial charge in [0.25, 0.3) is 0 Å². The van der Waals surface area contributed by atoms with Crippen LogP contribution in [0.1, 0.15) is 0 Å². The standard InChI is InChI=1S/C9H9N3O2/c1-12-7-4-2-3-5-8(7)14-9(12)11-10-6-13/h2-6H,1H3,(H,10,13). The maximum Gasteiger partial charge on any atom is 0.319 e. The maximum absolute atomic E-state index is 10.0. The summed E-state index contributed by atoms with van der Waals surface area (Å²) in [5.41, 5.74) is 4.22. The Labute approximate surface area is 79.6 Å². The molecule has 1 aromatic heterocycles. The summed E-state index contributed by atoms with van der Waals surface area (Å²) in [5, 5.41) is 3.74. The number of rotatable bonds is 2. The molecule has 0 radical (unpaired) electrons. The second kappa shape index (κ2) is 3.37. The van der Waals surface area contributed by atoms with Gasteiger partial charge in [0.1, 0.15) is 0 Å². The minimum atomic E-state index is 0.360. The van der Waals surface area contributed by atoms with Crippen molar-refractivity contribution in [3.05, 3.63) is 29.9 Å². The largest absolute Gasteiger partial charge is 0.422 e. The molecule has 14 heavy (non-hydrogen) atoms. The first-order chi connectivity index (χ1) is 6.83. The van der Waals surface area contributed by atoms with E-state index in [2.05, 4.69) is 10.5 Å². The Morgan fingerprint density at radius 1 is 1.50 bits per heavy atom. The molecule has 0 saturated heterocycles. The highest BCUT2D eigenvalue weighted by Gasteiger charge is 2.01. The molecule has 0 saturated carbocycles. The van der Waals surface area contributed by atoms with E-state index in [1.54, 1.807) is 4.57 Å². The number of nitrogens with zero attached hydrogens (tertiary/aromatic N) is 2. The van der Waals surface area contributed by atoms with Gasteiger partial charge in [-0.05, 0) is 12.1 Å². The number of carbonyl (C=O) groups excluding carboxylic acids is 1.